The highest BCUT2D eigenvalue weighted by atomic mass is 79.9. The standard InChI is InChI=1S/C14H18BrNO3/c1-16(8-4-3-5-14(18)19-2)13-7-6-12(15)9-11(13)10-17/h6-7,9-10H,3-5,8H2,1-2H3. The lowest BCUT2D eigenvalue weighted by Gasteiger charge is -2.21. The van der Waals surface area contributed by atoms with Gasteiger partial charge in [0.05, 0.1) is 7.11 Å². The topological polar surface area (TPSA) is 46.6 Å². The minimum atomic E-state index is -0.181. The van der Waals surface area contributed by atoms with Crippen LogP contribution in [0.4, 0.5) is 5.69 Å². The summed E-state index contributed by atoms with van der Waals surface area (Å²) < 4.78 is 5.47. The number of esters is 1. The van der Waals surface area contributed by atoms with E-state index < -0.39 is 0 Å². The van der Waals surface area contributed by atoms with Crippen LogP contribution in [-0.2, 0) is 9.53 Å². The third kappa shape index (κ3) is 5.03. The molecule has 4 nitrogen and oxygen atoms in total. The number of methoxy groups -OCH3 is 1. The Morgan fingerprint density at radius 3 is 2.79 bits per heavy atom. The molecule has 1 aromatic carbocycles. The second kappa shape index (κ2) is 7.94. The number of hydrogen-bond acceptors (Lipinski definition) is 4. The fraction of sp³-hybridized carbons (Fsp3) is 0.429. The molecule has 5 heteroatoms. The van der Waals surface area contributed by atoms with Gasteiger partial charge in [0.15, 0.2) is 6.29 Å². The Morgan fingerprint density at radius 1 is 1.42 bits per heavy atom. The highest BCUT2D eigenvalue weighted by Crippen LogP contribution is 2.22. The number of rotatable bonds is 7. The third-order valence-corrected chi connectivity index (χ3v) is 3.37. The van der Waals surface area contributed by atoms with E-state index in [1.807, 2.05) is 24.1 Å². The molecule has 1 aromatic rings. The van der Waals surface area contributed by atoms with Gasteiger partial charge in [-0.25, -0.2) is 0 Å². The van der Waals surface area contributed by atoms with E-state index in [2.05, 4.69) is 20.7 Å². The van der Waals surface area contributed by atoms with Crippen LogP contribution in [0.3, 0.4) is 0 Å². The number of carbonyl (C=O) groups excluding carboxylic acids is 2. The quantitative estimate of drug-likeness (QED) is 0.438. The van der Waals surface area contributed by atoms with Gasteiger partial charge in [0.1, 0.15) is 0 Å². The first-order valence-corrected chi connectivity index (χ1v) is 6.90. The lowest BCUT2D eigenvalue weighted by Crippen LogP contribution is -2.20. The predicted octanol–water partition coefficient (Wildman–Crippen LogP) is 3.04. The van der Waals surface area contributed by atoms with E-state index in [1.165, 1.54) is 7.11 Å². The Labute approximate surface area is 121 Å². The van der Waals surface area contributed by atoms with E-state index in [0.717, 1.165) is 35.8 Å². The lowest BCUT2D eigenvalue weighted by molar-refractivity contribution is -0.140. The second-order valence-electron chi connectivity index (χ2n) is 4.28. The van der Waals surface area contributed by atoms with Gasteiger partial charge in [0, 0.05) is 35.7 Å². The molecule has 0 radical (unpaired) electrons. The van der Waals surface area contributed by atoms with Crippen molar-refractivity contribution in [2.24, 2.45) is 0 Å². The minimum Gasteiger partial charge on any atom is -0.469 e. The summed E-state index contributed by atoms with van der Waals surface area (Å²) in [4.78, 5) is 24.0. The molecule has 0 heterocycles. The van der Waals surface area contributed by atoms with Crippen LogP contribution in [0.5, 0.6) is 0 Å². The van der Waals surface area contributed by atoms with Crippen molar-refractivity contribution < 1.29 is 14.3 Å². The number of hydrogen-bond donors (Lipinski definition) is 0. The monoisotopic (exact) mass is 327 g/mol. The molecule has 0 bridgehead atoms. The first kappa shape index (κ1) is 15.7. The van der Waals surface area contributed by atoms with E-state index in [0.29, 0.717) is 12.0 Å². The summed E-state index contributed by atoms with van der Waals surface area (Å²) in [5.74, 6) is -0.181. The van der Waals surface area contributed by atoms with Crippen LogP contribution in [0, 0.1) is 0 Å². The predicted molar refractivity (Wildman–Crippen MR) is 78.7 cm³/mol. The SMILES string of the molecule is COC(=O)CCCCN(C)c1ccc(Br)cc1C=O. The fourth-order valence-corrected chi connectivity index (χ4v) is 2.19. The molecule has 0 saturated carbocycles. The molecular weight excluding hydrogens is 310 g/mol. The summed E-state index contributed by atoms with van der Waals surface area (Å²) in [6, 6.07) is 5.62. The maximum atomic E-state index is 11.0. The highest BCUT2D eigenvalue weighted by Gasteiger charge is 2.08. The molecule has 0 aromatic heterocycles. The van der Waals surface area contributed by atoms with Crippen molar-refractivity contribution in [3.63, 3.8) is 0 Å². The maximum absolute atomic E-state index is 11.0. The number of unbranched alkanes of at least 4 members (excludes halogenated alkanes) is 1. The number of aldehydes is 1. The van der Waals surface area contributed by atoms with Crippen molar-refractivity contribution in [1.29, 1.82) is 0 Å². The van der Waals surface area contributed by atoms with Gasteiger partial charge in [0.2, 0.25) is 0 Å². The zero-order valence-corrected chi connectivity index (χ0v) is 12.8. The smallest absolute Gasteiger partial charge is 0.305 e. The molecule has 104 valence electrons. The highest BCUT2D eigenvalue weighted by molar-refractivity contribution is 9.10. The van der Waals surface area contributed by atoms with Gasteiger partial charge >= 0.3 is 5.97 Å². The summed E-state index contributed by atoms with van der Waals surface area (Å²) in [6.45, 7) is 0.791. The Kier molecular flexibility index (Phi) is 6.56. The van der Waals surface area contributed by atoms with Crippen molar-refractivity contribution in [3.8, 4) is 0 Å². The molecule has 0 atom stereocenters. The summed E-state index contributed by atoms with van der Waals surface area (Å²) in [7, 11) is 3.33. The van der Waals surface area contributed by atoms with Crippen LogP contribution in [-0.4, -0.2) is 33.0 Å². The Morgan fingerprint density at radius 2 is 2.16 bits per heavy atom. The molecule has 19 heavy (non-hydrogen) atoms. The summed E-state index contributed by atoms with van der Waals surface area (Å²) >= 11 is 3.35. The Hall–Kier alpha value is -1.36. The van der Waals surface area contributed by atoms with E-state index in [4.69, 9.17) is 0 Å². The molecule has 0 saturated heterocycles. The van der Waals surface area contributed by atoms with Gasteiger partial charge in [-0.2, -0.15) is 0 Å². The Bertz CT molecular complexity index is 448. The van der Waals surface area contributed by atoms with E-state index >= 15 is 0 Å². The van der Waals surface area contributed by atoms with Crippen LogP contribution >= 0.6 is 15.9 Å². The molecule has 0 unspecified atom stereocenters. The summed E-state index contributed by atoms with van der Waals surface area (Å²) in [5, 5.41) is 0. The van der Waals surface area contributed by atoms with Crippen LogP contribution in [0.15, 0.2) is 22.7 Å². The first-order valence-electron chi connectivity index (χ1n) is 6.11. The van der Waals surface area contributed by atoms with Crippen LogP contribution in [0.2, 0.25) is 0 Å². The summed E-state index contributed by atoms with van der Waals surface area (Å²) in [5.41, 5.74) is 1.56. The van der Waals surface area contributed by atoms with Gasteiger partial charge in [0.25, 0.3) is 0 Å². The molecule has 0 aliphatic rings. The van der Waals surface area contributed by atoms with Gasteiger partial charge in [-0.3, -0.25) is 9.59 Å². The molecule has 0 aliphatic carbocycles. The molecule has 0 spiro atoms. The Balaban J connectivity index is 2.51. The molecular formula is C14H18BrNO3. The molecule has 0 fully saturated rings. The van der Waals surface area contributed by atoms with Crippen molar-refractivity contribution in [2.75, 3.05) is 25.6 Å². The minimum absolute atomic E-state index is 0.181. The maximum Gasteiger partial charge on any atom is 0.305 e. The van der Waals surface area contributed by atoms with Gasteiger partial charge < -0.3 is 9.64 Å². The van der Waals surface area contributed by atoms with E-state index in [9.17, 15) is 9.59 Å². The lowest BCUT2D eigenvalue weighted by atomic mass is 10.1. The third-order valence-electron chi connectivity index (χ3n) is 2.88. The van der Waals surface area contributed by atoms with E-state index in [-0.39, 0.29) is 5.97 Å². The van der Waals surface area contributed by atoms with Crippen molar-refractivity contribution in [3.05, 3.63) is 28.2 Å². The fourth-order valence-electron chi connectivity index (χ4n) is 1.81. The number of nitrogens with zero attached hydrogens (tertiary/aromatic N) is 1. The number of benzene rings is 1. The van der Waals surface area contributed by atoms with Crippen LogP contribution in [0.1, 0.15) is 29.6 Å². The van der Waals surface area contributed by atoms with Crippen molar-refractivity contribution in [2.45, 2.75) is 19.3 Å². The molecule has 0 amide bonds. The normalized spacial score (nSPS) is 10.1. The number of carbonyl (C=O) groups is 2. The number of ether oxygens (including phenoxy) is 1. The molecule has 1 rings (SSSR count). The van der Waals surface area contributed by atoms with Crippen LogP contribution < -0.4 is 4.90 Å². The average Bonchev–Trinajstić information content (AvgIpc) is 2.42. The average molecular weight is 328 g/mol. The van der Waals surface area contributed by atoms with Gasteiger partial charge in [-0.1, -0.05) is 15.9 Å². The van der Waals surface area contributed by atoms with E-state index in [1.54, 1.807) is 6.07 Å². The number of anilines is 1. The summed E-state index contributed by atoms with van der Waals surface area (Å²) in [6.07, 6.45) is 2.94. The second-order valence-corrected chi connectivity index (χ2v) is 5.19. The first-order chi connectivity index (χ1) is 9.08. The van der Waals surface area contributed by atoms with Gasteiger partial charge in [-0.05, 0) is 31.0 Å². The van der Waals surface area contributed by atoms with Gasteiger partial charge in [-0.15, -0.1) is 0 Å². The molecule has 0 aliphatic heterocycles. The zero-order chi connectivity index (χ0) is 14.3. The zero-order valence-electron chi connectivity index (χ0n) is 11.2. The number of halogens is 1. The van der Waals surface area contributed by atoms with Crippen LogP contribution in [0.25, 0.3) is 0 Å². The van der Waals surface area contributed by atoms with Crippen molar-refractivity contribution in [1.82, 2.24) is 0 Å². The molecule has 0 N–H and O–H groups in total. The largest absolute Gasteiger partial charge is 0.469 e. The van der Waals surface area contributed by atoms with Crippen molar-refractivity contribution >= 4 is 33.9 Å².